The molecule has 3 atom stereocenters. The molecule has 1 fully saturated rings. The van der Waals surface area contributed by atoms with Crippen LogP contribution in [0.5, 0.6) is 5.88 Å². The number of aryl methyl sites for hydroxylation is 2. The number of pyridine rings is 1. The summed E-state index contributed by atoms with van der Waals surface area (Å²) in [6.07, 6.45) is 1.34. The molecule has 2 aromatic heterocycles. The van der Waals surface area contributed by atoms with Gasteiger partial charge in [-0.1, -0.05) is 40.9 Å². The third kappa shape index (κ3) is 4.75. The molecule has 1 saturated heterocycles. The summed E-state index contributed by atoms with van der Waals surface area (Å²) in [6.45, 7) is 6.70. The molecule has 1 amide bonds. The van der Waals surface area contributed by atoms with Gasteiger partial charge in [0.15, 0.2) is 0 Å². The van der Waals surface area contributed by atoms with Crippen molar-refractivity contribution in [1.82, 2.24) is 9.88 Å². The lowest BCUT2D eigenvalue weighted by Crippen LogP contribution is -2.32. The van der Waals surface area contributed by atoms with E-state index in [1.165, 1.54) is 0 Å². The van der Waals surface area contributed by atoms with E-state index in [1.807, 2.05) is 37.8 Å². The van der Waals surface area contributed by atoms with Gasteiger partial charge in [-0.3, -0.25) is 4.79 Å². The maximum absolute atomic E-state index is 13.3. The lowest BCUT2D eigenvalue weighted by molar-refractivity contribution is 0.0768. The summed E-state index contributed by atoms with van der Waals surface area (Å²) in [5.74, 6) is 1.81. The number of furan rings is 1. The van der Waals surface area contributed by atoms with Crippen molar-refractivity contribution in [2.75, 3.05) is 13.1 Å². The van der Waals surface area contributed by atoms with Crippen molar-refractivity contribution in [3.8, 4) is 5.88 Å². The molecular weight excluding hydrogens is 471 g/mol. The van der Waals surface area contributed by atoms with Crippen molar-refractivity contribution in [3.05, 3.63) is 80.3 Å². The zero-order valence-corrected chi connectivity index (χ0v) is 20.2. The second-order valence-corrected chi connectivity index (χ2v) is 9.37. The minimum Gasteiger partial charge on any atom is -0.474 e. The Bertz CT molecular complexity index is 1130. The number of hydrogen-bond acceptors (Lipinski definition) is 4. The molecule has 4 rings (SSSR count). The van der Waals surface area contributed by atoms with E-state index in [4.69, 9.17) is 44.0 Å². The Morgan fingerprint density at radius 2 is 1.91 bits per heavy atom. The third-order valence-corrected chi connectivity index (χ3v) is 6.87. The van der Waals surface area contributed by atoms with Gasteiger partial charge in [-0.05, 0) is 50.6 Å². The van der Waals surface area contributed by atoms with Crippen molar-refractivity contribution < 1.29 is 13.9 Å². The van der Waals surface area contributed by atoms with Crippen LogP contribution >= 0.6 is 34.8 Å². The van der Waals surface area contributed by atoms with E-state index >= 15 is 0 Å². The zero-order chi connectivity index (χ0) is 23.0. The Labute approximate surface area is 202 Å². The first-order valence-corrected chi connectivity index (χ1v) is 11.5. The number of ether oxygens (including phenoxy) is 1. The number of aromatic nitrogens is 1. The number of hydrogen-bond donors (Lipinski definition) is 0. The fraction of sp³-hybridized carbons (Fsp3) is 0.333. The van der Waals surface area contributed by atoms with Gasteiger partial charge in [0.05, 0.1) is 20.6 Å². The molecule has 1 aromatic carbocycles. The van der Waals surface area contributed by atoms with Gasteiger partial charge in [0.25, 0.3) is 5.91 Å². The van der Waals surface area contributed by atoms with Gasteiger partial charge < -0.3 is 14.1 Å². The van der Waals surface area contributed by atoms with Crippen LogP contribution in [-0.2, 0) is 0 Å². The van der Waals surface area contributed by atoms with E-state index in [2.05, 4.69) is 4.98 Å². The normalized spacial score (nSPS) is 19.2. The van der Waals surface area contributed by atoms with E-state index < -0.39 is 0 Å². The van der Waals surface area contributed by atoms with Gasteiger partial charge in [0.2, 0.25) is 5.88 Å². The monoisotopic (exact) mass is 492 g/mol. The van der Waals surface area contributed by atoms with Crippen molar-refractivity contribution in [2.45, 2.75) is 32.8 Å². The summed E-state index contributed by atoms with van der Waals surface area (Å²) in [5, 5.41) is 1.53. The molecule has 1 aliphatic rings. The predicted molar refractivity (Wildman–Crippen MR) is 126 cm³/mol. The molecule has 0 aliphatic carbocycles. The zero-order valence-electron chi connectivity index (χ0n) is 17.9. The van der Waals surface area contributed by atoms with E-state index in [0.29, 0.717) is 51.1 Å². The average molecular weight is 494 g/mol. The van der Waals surface area contributed by atoms with Crippen LogP contribution in [0.15, 0.2) is 47.0 Å². The Kier molecular flexibility index (Phi) is 6.70. The lowest BCUT2D eigenvalue weighted by Gasteiger charge is -2.25. The number of benzene rings is 1. The number of amides is 1. The van der Waals surface area contributed by atoms with E-state index in [1.54, 1.807) is 30.5 Å². The fourth-order valence-electron chi connectivity index (χ4n) is 4.29. The number of carbonyl (C=O) groups is 1. The smallest absolute Gasteiger partial charge is 0.257 e. The molecule has 0 spiro atoms. The molecule has 0 N–H and O–H groups in total. The van der Waals surface area contributed by atoms with Crippen LogP contribution in [0, 0.1) is 19.8 Å². The molecular formula is C24H23Cl3N2O3. The molecule has 1 aliphatic heterocycles. The van der Waals surface area contributed by atoms with Crippen molar-refractivity contribution >= 4 is 40.7 Å². The summed E-state index contributed by atoms with van der Waals surface area (Å²) >= 11 is 18.4. The maximum atomic E-state index is 13.3. The first-order valence-electron chi connectivity index (χ1n) is 10.3. The molecule has 32 heavy (non-hydrogen) atoms. The topological polar surface area (TPSA) is 55.6 Å². The Morgan fingerprint density at radius 3 is 2.53 bits per heavy atom. The molecule has 5 nitrogen and oxygen atoms in total. The molecule has 0 radical (unpaired) electrons. The fourth-order valence-corrected chi connectivity index (χ4v) is 4.71. The Morgan fingerprint density at radius 1 is 1.12 bits per heavy atom. The Hall–Kier alpha value is -2.21. The summed E-state index contributed by atoms with van der Waals surface area (Å²) in [7, 11) is 0. The SMILES string of the molecule is Cc1cc(C(=O)N2CC([C@@H](C)Oc3ccc(Cl)cn3)[C@H](c3ccc(Cl)c(Cl)c3)C2)c(C)o1. The predicted octanol–water partition coefficient (Wildman–Crippen LogP) is 6.57. The summed E-state index contributed by atoms with van der Waals surface area (Å²) in [4.78, 5) is 19.4. The maximum Gasteiger partial charge on any atom is 0.257 e. The molecule has 8 heteroatoms. The first kappa shape index (κ1) is 23.0. The summed E-state index contributed by atoms with van der Waals surface area (Å²) in [5.41, 5.74) is 1.60. The van der Waals surface area contributed by atoms with Crippen molar-refractivity contribution in [2.24, 2.45) is 5.92 Å². The van der Waals surface area contributed by atoms with E-state index in [-0.39, 0.29) is 23.8 Å². The number of likely N-dealkylation sites (tertiary alicyclic amines) is 1. The van der Waals surface area contributed by atoms with Crippen LogP contribution in [0.1, 0.15) is 40.3 Å². The van der Waals surface area contributed by atoms with E-state index in [9.17, 15) is 4.79 Å². The minimum atomic E-state index is -0.215. The quantitative estimate of drug-likeness (QED) is 0.403. The number of rotatable bonds is 5. The third-order valence-electron chi connectivity index (χ3n) is 5.91. The lowest BCUT2D eigenvalue weighted by atomic mass is 9.86. The highest BCUT2D eigenvalue weighted by Gasteiger charge is 2.41. The molecule has 3 aromatic rings. The summed E-state index contributed by atoms with van der Waals surface area (Å²) in [6, 6.07) is 10.9. The van der Waals surface area contributed by atoms with Crippen LogP contribution in [0.4, 0.5) is 0 Å². The largest absolute Gasteiger partial charge is 0.474 e. The first-order chi connectivity index (χ1) is 15.2. The van der Waals surface area contributed by atoms with Crippen LogP contribution in [-0.4, -0.2) is 35.0 Å². The van der Waals surface area contributed by atoms with Gasteiger partial charge in [-0.25, -0.2) is 4.98 Å². The van der Waals surface area contributed by atoms with Crippen molar-refractivity contribution in [1.29, 1.82) is 0 Å². The van der Waals surface area contributed by atoms with Gasteiger partial charge >= 0.3 is 0 Å². The van der Waals surface area contributed by atoms with E-state index in [0.717, 1.165) is 5.56 Å². The molecule has 0 bridgehead atoms. The van der Waals surface area contributed by atoms with Crippen LogP contribution in [0.25, 0.3) is 0 Å². The number of carbonyl (C=O) groups excluding carboxylic acids is 1. The molecule has 1 unspecified atom stereocenters. The van der Waals surface area contributed by atoms with Gasteiger partial charge in [0.1, 0.15) is 17.6 Å². The standard InChI is InChI=1S/C24H23Cl3N2O3/c1-13-8-18(14(2)31-13)24(30)29-11-19(15(3)32-23-7-5-17(25)10-28-23)20(12-29)16-4-6-21(26)22(27)9-16/h4-10,15,19-20H,11-12H2,1-3H3/t15-,19?,20+/m1/s1. The van der Waals surface area contributed by atoms with Crippen LogP contribution < -0.4 is 4.74 Å². The summed E-state index contributed by atoms with van der Waals surface area (Å²) < 4.78 is 11.7. The highest BCUT2D eigenvalue weighted by Crippen LogP contribution is 2.39. The number of nitrogens with zero attached hydrogens (tertiary/aromatic N) is 2. The molecule has 3 heterocycles. The number of halogens is 3. The van der Waals surface area contributed by atoms with Gasteiger partial charge in [-0.2, -0.15) is 0 Å². The average Bonchev–Trinajstić information content (AvgIpc) is 3.34. The van der Waals surface area contributed by atoms with Crippen LogP contribution in [0.2, 0.25) is 15.1 Å². The van der Waals surface area contributed by atoms with Crippen molar-refractivity contribution in [3.63, 3.8) is 0 Å². The highest BCUT2D eigenvalue weighted by molar-refractivity contribution is 6.42. The molecule has 168 valence electrons. The molecule has 0 saturated carbocycles. The minimum absolute atomic E-state index is 0.0157. The Balaban J connectivity index is 1.62. The second kappa shape index (κ2) is 9.34. The highest BCUT2D eigenvalue weighted by atomic mass is 35.5. The van der Waals surface area contributed by atoms with Gasteiger partial charge in [0, 0.05) is 37.2 Å². The van der Waals surface area contributed by atoms with Gasteiger partial charge in [-0.15, -0.1) is 0 Å². The second-order valence-electron chi connectivity index (χ2n) is 8.12. The van der Waals surface area contributed by atoms with Crippen LogP contribution in [0.3, 0.4) is 0 Å².